The van der Waals surface area contributed by atoms with Gasteiger partial charge < -0.3 is 10.1 Å². The molecule has 2 rings (SSSR count). The lowest BCUT2D eigenvalue weighted by atomic mass is 10.2. The summed E-state index contributed by atoms with van der Waals surface area (Å²) >= 11 is 0. The standard InChI is InChI=1S/C18H26N2O5S/c1-12-8-10-16(11-9-12)26(23,24)20-13(2)18(22)25-14(3)17(21)19-15-6-4-5-7-15/h8-11,13-15,20H,4-7H2,1-3H3,(H,19,21)/t13-,14+/m0/s1. The fourth-order valence-corrected chi connectivity index (χ4v) is 3.98. The Morgan fingerprint density at radius 3 is 2.27 bits per heavy atom. The Morgan fingerprint density at radius 2 is 1.69 bits per heavy atom. The molecule has 144 valence electrons. The molecule has 0 heterocycles. The molecular weight excluding hydrogens is 356 g/mol. The second kappa shape index (κ2) is 8.64. The van der Waals surface area contributed by atoms with Crippen LogP contribution in [-0.2, 0) is 24.3 Å². The first-order valence-electron chi connectivity index (χ1n) is 8.79. The first kappa shape index (κ1) is 20.4. The fourth-order valence-electron chi connectivity index (χ4n) is 2.78. The highest BCUT2D eigenvalue weighted by Gasteiger charge is 2.27. The number of carbonyl (C=O) groups is 2. The third-order valence-corrected chi connectivity index (χ3v) is 5.94. The lowest BCUT2D eigenvalue weighted by Gasteiger charge is -2.19. The van der Waals surface area contributed by atoms with E-state index in [1.54, 1.807) is 12.1 Å². The van der Waals surface area contributed by atoms with E-state index < -0.39 is 28.1 Å². The molecule has 8 heteroatoms. The van der Waals surface area contributed by atoms with E-state index in [2.05, 4.69) is 10.0 Å². The van der Waals surface area contributed by atoms with Crippen molar-refractivity contribution in [2.24, 2.45) is 0 Å². The molecule has 1 amide bonds. The highest BCUT2D eigenvalue weighted by atomic mass is 32.2. The van der Waals surface area contributed by atoms with E-state index in [9.17, 15) is 18.0 Å². The number of nitrogens with one attached hydrogen (secondary N) is 2. The van der Waals surface area contributed by atoms with Gasteiger partial charge in [-0.2, -0.15) is 4.72 Å². The molecule has 0 aromatic heterocycles. The molecule has 7 nitrogen and oxygen atoms in total. The molecule has 1 aliphatic rings. The van der Waals surface area contributed by atoms with Crippen molar-refractivity contribution in [3.05, 3.63) is 29.8 Å². The minimum atomic E-state index is -3.85. The number of hydrogen-bond acceptors (Lipinski definition) is 5. The van der Waals surface area contributed by atoms with Gasteiger partial charge in [-0.1, -0.05) is 30.5 Å². The third kappa shape index (κ3) is 5.54. The van der Waals surface area contributed by atoms with Crippen molar-refractivity contribution in [3.63, 3.8) is 0 Å². The maximum atomic E-state index is 12.3. The zero-order chi connectivity index (χ0) is 19.3. The minimum absolute atomic E-state index is 0.0646. The molecule has 1 aromatic rings. The Morgan fingerprint density at radius 1 is 1.12 bits per heavy atom. The van der Waals surface area contributed by atoms with E-state index in [0.29, 0.717) is 0 Å². The SMILES string of the molecule is Cc1ccc(S(=O)(=O)N[C@@H](C)C(=O)O[C@H](C)C(=O)NC2CCCC2)cc1. The van der Waals surface area contributed by atoms with Gasteiger partial charge in [0.2, 0.25) is 10.0 Å². The summed E-state index contributed by atoms with van der Waals surface area (Å²) in [6, 6.07) is 5.30. The van der Waals surface area contributed by atoms with Crippen LogP contribution < -0.4 is 10.0 Å². The van der Waals surface area contributed by atoms with Gasteiger partial charge in [0.1, 0.15) is 6.04 Å². The van der Waals surface area contributed by atoms with Crippen LogP contribution >= 0.6 is 0 Å². The molecule has 2 N–H and O–H groups in total. The summed E-state index contributed by atoms with van der Waals surface area (Å²) in [5, 5.41) is 2.85. The zero-order valence-corrected chi connectivity index (χ0v) is 16.1. The number of amides is 1. The van der Waals surface area contributed by atoms with E-state index >= 15 is 0 Å². The van der Waals surface area contributed by atoms with Gasteiger partial charge in [0, 0.05) is 6.04 Å². The fraction of sp³-hybridized carbons (Fsp3) is 0.556. The molecule has 26 heavy (non-hydrogen) atoms. The Balaban J connectivity index is 1.89. The molecule has 0 unspecified atom stereocenters. The molecule has 1 aliphatic carbocycles. The van der Waals surface area contributed by atoms with Crippen LogP contribution in [0.3, 0.4) is 0 Å². The second-order valence-corrected chi connectivity index (χ2v) is 8.44. The normalized spacial score (nSPS) is 17.5. The quantitative estimate of drug-likeness (QED) is 0.698. The van der Waals surface area contributed by atoms with Crippen molar-refractivity contribution in [3.8, 4) is 0 Å². The molecule has 1 fully saturated rings. The largest absolute Gasteiger partial charge is 0.451 e. The summed E-state index contributed by atoms with van der Waals surface area (Å²) in [6.07, 6.45) is 3.04. The Hall–Kier alpha value is -1.93. The first-order valence-corrected chi connectivity index (χ1v) is 10.3. The van der Waals surface area contributed by atoms with E-state index in [0.717, 1.165) is 31.2 Å². The number of aryl methyl sites for hydroxylation is 1. The van der Waals surface area contributed by atoms with Crippen LogP contribution in [0.15, 0.2) is 29.2 Å². The van der Waals surface area contributed by atoms with Crippen LogP contribution in [0.2, 0.25) is 0 Å². The molecule has 0 saturated heterocycles. The Labute approximate surface area is 154 Å². The maximum absolute atomic E-state index is 12.3. The molecule has 0 spiro atoms. The number of esters is 1. The number of benzene rings is 1. The summed E-state index contributed by atoms with van der Waals surface area (Å²) in [4.78, 5) is 24.3. The maximum Gasteiger partial charge on any atom is 0.324 e. The topological polar surface area (TPSA) is 102 Å². The third-order valence-electron chi connectivity index (χ3n) is 4.38. The van der Waals surface area contributed by atoms with Gasteiger partial charge in [0.25, 0.3) is 5.91 Å². The number of hydrogen-bond donors (Lipinski definition) is 2. The number of rotatable bonds is 7. The van der Waals surface area contributed by atoms with Crippen LogP contribution in [0, 0.1) is 6.92 Å². The summed E-state index contributed by atoms with van der Waals surface area (Å²) in [5.41, 5.74) is 0.929. The van der Waals surface area contributed by atoms with Crippen LogP contribution in [0.5, 0.6) is 0 Å². The van der Waals surface area contributed by atoms with Crippen LogP contribution in [0.1, 0.15) is 45.1 Å². The van der Waals surface area contributed by atoms with Crippen molar-refractivity contribution >= 4 is 21.9 Å². The van der Waals surface area contributed by atoms with Crippen molar-refractivity contribution in [1.29, 1.82) is 0 Å². The summed E-state index contributed by atoms with van der Waals surface area (Å²) in [7, 11) is -3.85. The summed E-state index contributed by atoms with van der Waals surface area (Å²) in [6.45, 7) is 4.71. The Bertz CT molecular complexity index is 739. The van der Waals surface area contributed by atoms with Crippen molar-refractivity contribution in [2.45, 2.75) is 69.5 Å². The van der Waals surface area contributed by atoms with Crippen LogP contribution in [0.4, 0.5) is 0 Å². The number of sulfonamides is 1. The van der Waals surface area contributed by atoms with Gasteiger partial charge in [-0.15, -0.1) is 0 Å². The number of ether oxygens (including phenoxy) is 1. The van der Waals surface area contributed by atoms with Gasteiger partial charge in [0.15, 0.2) is 6.10 Å². The van der Waals surface area contributed by atoms with E-state index in [1.807, 2.05) is 6.92 Å². The van der Waals surface area contributed by atoms with Crippen LogP contribution in [0.25, 0.3) is 0 Å². The molecule has 1 aromatic carbocycles. The molecular formula is C18H26N2O5S. The average molecular weight is 382 g/mol. The van der Waals surface area contributed by atoms with Crippen molar-refractivity contribution < 1.29 is 22.7 Å². The first-order chi connectivity index (χ1) is 12.2. The van der Waals surface area contributed by atoms with Gasteiger partial charge in [-0.05, 0) is 45.7 Å². The zero-order valence-electron chi connectivity index (χ0n) is 15.3. The van der Waals surface area contributed by atoms with Gasteiger partial charge >= 0.3 is 5.97 Å². The average Bonchev–Trinajstić information content (AvgIpc) is 3.07. The predicted molar refractivity (Wildman–Crippen MR) is 96.9 cm³/mol. The summed E-state index contributed by atoms with van der Waals surface area (Å²) in [5.74, 6) is -1.16. The Kier molecular flexibility index (Phi) is 6.77. The van der Waals surface area contributed by atoms with Gasteiger partial charge in [0.05, 0.1) is 4.90 Å². The molecule has 0 aliphatic heterocycles. The highest BCUT2D eigenvalue weighted by molar-refractivity contribution is 7.89. The lowest BCUT2D eigenvalue weighted by Crippen LogP contribution is -2.45. The minimum Gasteiger partial charge on any atom is -0.451 e. The lowest BCUT2D eigenvalue weighted by molar-refractivity contribution is -0.156. The molecule has 0 radical (unpaired) electrons. The summed E-state index contributed by atoms with van der Waals surface area (Å²) < 4.78 is 32.0. The van der Waals surface area contributed by atoms with Crippen LogP contribution in [-0.4, -0.2) is 38.5 Å². The van der Waals surface area contributed by atoms with E-state index in [4.69, 9.17) is 4.74 Å². The van der Waals surface area contributed by atoms with Gasteiger partial charge in [-0.25, -0.2) is 8.42 Å². The molecule has 0 bridgehead atoms. The molecule has 2 atom stereocenters. The van der Waals surface area contributed by atoms with Crippen molar-refractivity contribution in [1.82, 2.24) is 10.0 Å². The van der Waals surface area contributed by atoms with E-state index in [1.165, 1.54) is 26.0 Å². The number of carbonyl (C=O) groups excluding carboxylic acids is 2. The smallest absolute Gasteiger partial charge is 0.324 e. The van der Waals surface area contributed by atoms with Crippen molar-refractivity contribution in [2.75, 3.05) is 0 Å². The second-order valence-electron chi connectivity index (χ2n) is 6.73. The van der Waals surface area contributed by atoms with E-state index in [-0.39, 0.29) is 16.8 Å². The predicted octanol–water partition coefficient (Wildman–Crippen LogP) is 1.65. The van der Waals surface area contributed by atoms with Gasteiger partial charge in [-0.3, -0.25) is 9.59 Å². The monoisotopic (exact) mass is 382 g/mol. The molecule has 1 saturated carbocycles. The highest BCUT2D eigenvalue weighted by Crippen LogP contribution is 2.18.